The first-order valence-corrected chi connectivity index (χ1v) is 10.2. The number of hydrogen-bond acceptors (Lipinski definition) is 6. The summed E-state index contributed by atoms with van der Waals surface area (Å²) in [4.78, 5) is 25.2. The van der Waals surface area contributed by atoms with Crippen LogP contribution in [0.4, 0.5) is 5.82 Å². The second-order valence-electron chi connectivity index (χ2n) is 7.65. The minimum Gasteiger partial charge on any atom is -0.483 e. The van der Waals surface area contributed by atoms with Gasteiger partial charge in [0.15, 0.2) is 6.61 Å². The highest BCUT2D eigenvalue weighted by atomic mass is 16.5. The SMILES string of the molecule is CC(C)Oc1cc(N2CCN(C(=O)COc3cccc4c3ccn4C)CC2)ncn1. The van der Waals surface area contributed by atoms with Crippen LogP contribution in [0, 0.1) is 0 Å². The fourth-order valence-corrected chi connectivity index (χ4v) is 3.62. The molecule has 1 aromatic carbocycles. The van der Waals surface area contributed by atoms with Crippen LogP contribution in [0.3, 0.4) is 0 Å². The van der Waals surface area contributed by atoms with Crippen molar-refractivity contribution < 1.29 is 14.3 Å². The zero-order valence-corrected chi connectivity index (χ0v) is 17.6. The molecule has 0 saturated carbocycles. The van der Waals surface area contributed by atoms with Gasteiger partial charge >= 0.3 is 0 Å². The van der Waals surface area contributed by atoms with Crippen molar-refractivity contribution >= 4 is 22.6 Å². The molecule has 0 aliphatic carbocycles. The van der Waals surface area contributed by atoms with E-state index in [1.165, 1.54) is 6.33 Å². The first-order valence-electron chi connectivity index (χ1n) is 10.2. The molecule has 1 amide bonds. The Morgan fingerprint density at radius 3 is 2.70 bits per heavy atom. The summed E-state index contributed by atoms with van der Waals surface area (Å²) in [7, 11) is 1.99. The smallest absolute Gasteiger partial charge is 0.260 e. The molecule has 1 aliphatic heterocycles. The molecule has 0 atom stereocenters. The maximum Gasteiger partial charge on any atom is 0.260 e. The van der Waals surface area contributed by atoms with Gasteiger partial charge in [0.2, 0.25) is 5.88 Å². The molecular weight excluding hydrogens is 382 g/mol. The molecule has 0 unspecified atom stereocenters. The molecule has 0 N–H and O–H groups in total. The molecule has 2 aromatic heterocycles. The summed E-state index contributed by atoms with van der Waals surface area (Å²) in [6, 6.07) is 9.74. The highest BCUT2D eigenvalue weighted by Crippen LogP contribution is 2.26. The molecule has 3 aromatic rings. The quantitative estimate of drug-likeness (QED) is 0.623. The lowest BCUT2D eigenvalue weighted by Crippen LogP contribution is -2.50. The number of benzene rings is 1. The zero-order chi connectivity index (χ0) is 21.1. The minimum absolute atomic E-state index is 0.00546. The molecule has 3 heterocycles. The van der Waals surface area contributed by atoms with Crippen LogP contribution in [0.1, 0.15) is 13.8 Å². The number of aryl methyl sites for hydroxylation is 1. The molecule has 1 saturated heterocycles. The fraction of sp³-hybridized carbons (Fsp3) is 0.409. The number of aromatic nitrogens is 3. The highest BCUT2D eigenvalue weighted by molar-refractivity contribution is 5.87. The van der Waals surface area contributed by atoms with Gasteiger partial charge in [-0.1, -0.05) is 6.07 Å². The number of amides is 1. The van der Waals surface area contributed by atoms with E-state index in [-0.39, 0.29) is 18.6 Å². The first kappa shape index (κ1) is 20.0. The van der Waals surface area contributed by atoms with E-state index in [1.54, 1.807) is 0 Å². The molecule has 30 heavy (non-hydrogen) atoms. The fourth-order valence-electron chi connectivity index (χ4n) is 3.62. The third-order valence-electron chi connectivity index (χ3n) is 5.18. The van der Waals surface area contributed by atoms with Crippen LogP contribution in [0.2, 0.25) is 0 Å². The van der Waals surface area contributed by atoms with E-state index in [0.717, 1.165) is 22.5 Å². The van der Waals surface area contributed by atoms with Gasteiger partial charge in [-0.25, -0.2) is 9.97 Å². The lowest BCUT2D eigenvalue weighted by atomic mass is 10.2. The summed E-state index contributed by atoms with van der Waals surface area (Å²) in [5, 5.41) is 1.01. The largest absolute Gasteiger partial charge is 0.483 e. The predicted molar refractivity (Wildman–Crippen MR) is 115 cm³/mol. The van der Waals surface area contributed by atoms with Crippen LogP contribution in [-0.4, -0.2) is 64.2 Å². The normalized spacial score (nSPS) is 14.4. The van der Waals surface area contributed by atoms with Gasteiger partial charge in [-0.15, -0.1) is 0 Å². The lowest BCUT2D eigenvalue weighted by Gasteiger charge is -2.35. The Morgan fingerprint density at radius 1 is 1.13 bits per heavy atom. The van der Waals surface area contributed by atoms with E-state index < -0.39 is 0 Å². The number of fused-ring (bicyclic) bond motifs is 1. The summed E-state index contributed by atoms with van der Waals surface area (Å²) in [5.41, 5.74) is 1.08. The van der Waals surface area contributed by atoms with Crippen LogP contribution in [0.15, 0.2) is 42.9 Å². The topological polar surface area (TPSA) is 72.7 Å². The first-order chi connectivity index (χ1) is 14.5. The summed E-state index contributed by atoms with van der Waals surface area (Å²) in [6.45, 7) is 6.63. The van der Waals surface area contributed by atoms with E-state index in [1.807, 2.05) is 66.9 Å². The summed E-state index contributed by atoms with van der Waals surface area (Å²) in [6.07, 6.45) is 3.57. The van der Waals surface area contributed by atoms with Crippen molar-refractivity contribution in [1.82, 2.24) is 19.4 Å². The van der Waals surface area contributed by atoms with Gasteiger partial charge in [0.05, 0.1) is 11.6 Å². The van der Waals surface area contributed by atoms with Gasteiger partial charge in [-0.05, 0) is 32.0 Å². The highest BCUT2D eigenvalue weighted by Gasteiger charge is 2.23. The van der Waals surface area contributed by atoms with E-state index in [2.05, 4.69) is 14.9 Å². The van der Waals surface area contributed by atoms with Crippen molar-refractivity contribution in [3.8, 4) is 11.6 Å². The lowest BCUT2D eigenvalue weighted by molar-refractivity contribution is -0.133. The van der Waals surface area contributed by atoms with Crippen LogP contribution in [-0.2, 0) is 11.8 Å². The average molecular weight is 409 g/mol. The van der Waals surface area contributed by atoms with E-state index in [9.17, 15) is 4.79 Å². The Kier molecular flexibility index (Phi) is 5.74. The third-order valence-corrected chi connectivity index (χ3v) is 5.18. The molecule has 0 spiro atoms. The van der Waals surface area contributed by atoms with Crippen molar-refractivity contribution in [1.29, 1.82) is 0 Å². The Bertz CT molecular complexity index is 1020. The van der Waals surface area contributed by atoms with E-state index >= 15 is 0 Å². The molecule has 0 radical (unpaired) electrons. The van der Waals surface area contributed by atoms with E-state index in [4.69, 9.17) is 9.47 Å². The number of piperazine rings is 1. The molecule has 8 heteroatoms. The number of ether oxygens (including phenoxy) is 2. The number of hydrogen-bond donors (Lipinski definition) is 0. The molecule has 0 bridgehead atoms. The molecule has 4 rings (SSSR count). The van der Waals surface area contributed by atoms with Gasteiger partial charge < -0.3 is 23.8 Å². The molecule has 1 aliphatic rings. The Labute approximate surface area is 176 Å². The molecule has 158 valence electrons. The van der Waals surface area contributed by atoms with Crippen molar-refractivity contribution in [2.24, 2.45) is 7.05 Å². The summed E-state index contributed by atoms with van der Waals surface area (Å²) in [5.74, 6) is 2.12. The summed E-state index contributed by atoms with van der Waals surface area (Å²) >= 11 is 0. The van der Waals surface area contributed by atoms with Gasteiger partial charge in [-0.2, -0.15) is 0 Å². The van der Waals surface area contributed by atoms with E-state index in [0.29, 0.717) is 32.1 Å². The molecule has 8 nitrogen and oxygen atoms in total. The Balaban J connectivity index is 1.32. The third kappa shape index (κ3) is 4.32. The van der Waals surface area contributed by atoms with Crippen LogP contribution in [0.25, 0.3) is 10.9 Å². The maximum atomic E-state index is 12.7. The zero-order valence-electron chi connectivity index (χ0n) is 17.6. The second kappa shape index (κ2) is 8.61. The van der Waals surface area contributed by atoms with Crippen molar-refractivity contribution in [3.05, 3.63) is 42.9 Å². The number of rotatable bonds is 6. The average Bonchev–Trinajstić information content (AvgIpc) is 3.13. The van der Waals surface area contributed by atoms with Gasteiger partial charge in [0.25, 0.3) is 5.91 Å². The van der Waals surface area contributed by atoms with Crippen molar-refractivity contribution in [3.63, 3.8) is 0 Å². The summed E-state index contributed by atoms with van der Waals surface area (Å²) < 4.78 is 13.5. The predicted octanol–water partition coefficient (Wildman–Crippen LogP) is 2.48. The molecular formula is C22H27N5O3. The Hall–Kier alpha value is -3.29. The maximum absolute atomic E-state index is 12.7. The van der Waals surface area contributed by atoms with Crippen molar-refractivity contribution in [2.45, 2.75) is 20.0 Å². The number of carbonyl (C=O) groups excluding carboxylic acids is 1. The number of anilines is 1. The van der Waals surface area contributed by atoms with Crippen LogP contribution < -0.4 is 14.4 Å². The van der Waals surface area contributed by atoms with Crippen LogP contribution >= 0.6 is 0 Å². The van der Waals surface area contributed by atoms with Gasteiger partial charge in [-0.3, -0.25) is 4.79 Å². The second-order valence-corrected chi connectivity index (χ2v) is 7.65. The van der Waals surface area contributed by atoms with Crippen molar-refractivity contribution in [2.75, 3.05) is 37.7 Å². The molecule has 1 fully saturated rings. The van der Waals surface area contributed by atoms with Gasteiger partial charge in [0.1, 0.15) is 17.9 Å². The van der Waals surface area contributed by atoms with Crippen LogP contribution in [0.5, 0.6) is 11.6 Å². The Morgan fingerprint density at radius 2 is 1.93 bits per heavy atom. The van der Waals surface area contributed by atoms with Gasteiger partial charge in [0, 0.05) is 50.9 Å². The number of nitrogens with zero attached hydrogens (tertiary/aromatic N) is 5. The minimum atomic E-state index is -0.00546. The monoisotopic (exact) mass is 409 g/mol. The standard InChI is InChI=1S/C22H27N5O3/c1-16(2)30-21-13-20(23-15-24-21)26-9-11-27(12-10-26)22(28)14-29-19-6-4-5-18-17(19)7-8-25(18)3/h4-8,13,15-16H,9-12,14H2,1-3H3. The number of carbonyl (C=O) groups is 1.